The van der Waals surface area contributed by atoms with E-state index in [2.05, 4.69) is 5.10 Å². The van der Waals surface area contributed by atoms with Gasteiger partial charge in [0, 0.05) is 12.1 Å². The first-order valence-electron chi connectivity index (χ1n) is 4.28. The standard InChI is InChI=1S/C8H11N3O4/c1-2-14-7-3-4-8(13)11(10-7)15-5-6(9)12/h3-4H,2,5H2,1H3,(H2,9,12). The molecule has 1 heterocycles. The molecule has 7 nitrogen and oxygen atoms in total. The van der Waals surface area contributed by atoms with Crippen LogP contribution in [0, 0.1) is 0 Å². The Morgan fingerprint density at radius 3 is 2.93 bits per heavy atom. The van der Waals surface area contributed by atoms with Crippen molar-refractivity contribution >= 4 is 5.91 Å². The summed E-state index contributed by atoms with van der Waals surface area (Å²) >= 11 is 0. The van der Waals surface area contributed by atoms with Crippen molar-refractivity contribution in [3.05, 3.63) is 22.5 Å². The number of carbonyl (C=O) groups is 1. The summed E-state index contributed by atoms with van der Waals surface area (Å²) in [4.78, 5) is 27.0. The van der Waals surface area contributed by atoms with Crippen molar-refractivity contribution < 1.29 is 14.4 Å². The first-order chi connectivity index (χ1) is 7.13. The van der Waals surface area contributed by atoms with Gasteiger partial charge in [-0.15, -0.1) is 0 Å². The van der Waals surface area contributed by atoms with Crippen LogP contribution in [0.25, 0.3) is 0 Å². The maximum Gasteiger partial charge on any atom is 0.303 e. The number of ether oxygens (including phenoxy) is 1. The van der Waals surface area contributed by atoms with Crippen LogP contribution in [0.2, 0.25) is 0 Å². The summed E-state index contributed by atoms with van der Waals surface area (Å²) in [6.07, 6.45) is 0. The summed E-state index contributed by atoms with van der Waals surface area (Å²) in [5, 5.41) is 3.69. The zero-order valence-electron chi connectivity index (χ0n) is 8.17. The molecule has 0 spiro atoms. The zero-order valence-corrected chi connectivity index (χ0v) is 8.17. The Morgan fingerprint density at radius 2 is 2.33 bits per heavy atom. The SMILES string of the molecule is CCOc1ccc(=O)n(OCC(N)=O)n1. The van der Waals surface area contributed by atoms with E-state index in [1.807, 2.05) is 0 Å². The second kappa shape index (κ2) is 4.99. The molecule has 0 bridgehead atoms. The third-order valence-electron chi connectivity index (χ3n) is 1.37. The highest BCUT2D eigenvalue weighted by atomic mass is 16.7. The van der Waals surface area contributed by atoms with Gasteiger partial charge in [0.15, 0.2) is 6.61 Å². The van der Waals surface area contributed by atoms with Gasteiger partial charge in [0.25, 0.3) is 5.91 Å². The lowest BCUT2D eigenvalue weighted by Crippen LogP contribution is -2.34. The molecule has 0 atom stereocenters. The minimum absolute atomic E-state index is 0.238. The van der Waals surface area contributed by atoms with Crippen molar-refractivity contribution in [2.45, 2.75) is 6.92 Å². The van der Waals surface area contributed by atoms with Crippen molar-refractivity contribution in [2.24, 2.45) is 5.73 Å². The quantitative estimate of drug-likeness (QED) is 0.645. The molecule has 2 N–H and O–H groups in total. The Morgan fingerprint density at radius 1 is 1.60 bits per heavy atom. The summed E-state index contributed by atoms with van der Waals surface area (Å²) in [6, 6.07) is 2.63. The largest absolute Gasteiger partial charge is 0.477 e. The molecular formula is C8H11N3O4. The van der Waals surface area contributed by atoms with Gasteiger partial charge in [0.2, 0.25) is 5.88 Å². The van der Waals surface area contributed by atoms with Gasteiger partial charge in [-0.25, -0.2) is 0 Å². The zero-order chi connectivity index (χ0) is 11.3. The second-order valence-corrected chi connectivity index (χ2v) is 2.56. The number of carbonyl (C=O) groups excluding carboxylic acids is 1. The molecule has 1 aromatic heterocycles. The molecule has 15 heavy (non-hydrogen) atoms. The highest BCUT2D eigenvalue weighted by Gasteiger charge is 2.03. The Kier molecular flexibility index (Phi) is 3.67. The van der Waals surface area contributed by atoms with Crippen molar-refractivity contribution in [1.29, 1.82) is 0 Å². The van der Waals surface area contributed by atoms with Crippen LogP contribution < -0.4 is 20.9 Å². The van der Waals surface area contributed by atoms with Gasteiger partial charge in [-0.2, -0.15) is 0 Å². The predicted octanol–water partition coefficient (Wildman–Crippen LogP) is -1.44. The number of hydrogen-bond donors (Lipinski definition) is 1. The topological polar surface area (TPSA) is 96.4 Å². The lowest BCUT2D eigenvalue weighted by molar-refractivity contribution is -0.123. The summed E-state index contributed by atoms with van der Waals surface area (Å²) in [5.74, 6) is -0.452. The molecule has 0 aliphatic rings. The molecule has 0 aliphatic carbocycles. The molecule has 1 amide bonds. The van der Waals surface area contributed by atoms with Crippen molar-refractivity contribution in [3.63, 3.8) is 0 Å². The summed E-state index contributed by atoms with van der Waals surface area (Å²) in [5.41, 5.74) is 4.35. The van der Waals surface area contributed by atoms with E-state index in [0.29, 0.717) is 11.5 Å². The highest BCUT2D eigenvalue weighted by molar-refractivity contribution is 5.74. The van der Waals surface area contributed by atoms with Gasteiger partial charge in [-0.1, -0.05) is 9.94 Å². The first kappa shape index (κ1) is 11.0. The van der Waals surface area contributed by atoms with E-state index in [1.54, 1.807) is 6.92 Å². The number of primary amides is 1. The van der Waals surface area contributed by atoms with Crippen LogP contribution in [-0.4, -0.2) is 29.1 Å². The summed E-state index contributed by atoms with van der Waals surface area (Å²) < 4.78 is 5.04. The Labute approximate surface area is 85.4 Å². The average Bonchev–Trinajstić information content (AvgIpc) is 2.19. The molecule has 1 rings (SSSR count). The van der Waals surface area contributed by atoms with E-state index < -0.39 is 18.1 Å². The highest BCUT2D eigenvalue weighted by Crippen LogP contribution is 1.99. The lowest BCUT2D eigenvalue weighted by Gasteiger charge is -2.06. The number of amides is 1. The molecule has 0 saturated heterocycles. The van der Waals surface area contributed by atoms with E-state index in [9.17, 15) is 9.59 Å². The van der Waals surface area contributed by atoms with Gasteiger partial charge >= 0.3 is 5.56 Å². The molecule has 0 saturated carbocycles. The normalized spacial score (nSPS) is 9.67. The van der Waals surface area contributed by atoms with Crippen LogP contribution in [0.3, 0.4) is 0 Å². The molecule has 1 aromatic rings. The molecular weight excluding hydrogens is 202 g/mol. The summed E-state index contributed by atoms with van der Waals surface area (Å²) in [6.45, 7) is 1.78. The molecule has 7 heteroatoms. The van der Waals surface area contributed by atoms with E-state index >= 15 is 0 Å². The Bertz CT molecular complexity index is 401. The van der Waals surface area contributed by atoms with E-state index in [0.717, 1.165) is 0 Å². The molecule has 0 unspecified atom stereocenters. The molecule has 0 fully saturated rings. The second-order valence-electron chi connectivity index (χ2n) is 2.56. The van der Waals surface area contributed by atoms with E-state index in [-0.39, 0.29) is 5.88 Å². The Balaban J connectivity index is 2.80. The van der Waals surface area contributed by atoms with Crippen LogP contribution >= 0.6 is 0 Å². The molecule has 82 valence electrons. The van der Waals surface area contributed by atoms with Gasteiger partial charge in [0.1, 0.15) is 0 Å². The van der Waals surface area contributed by atoms with E-state index in [1.165, 1.54) is 12.1 Å². The average molecular weight is 213 g/mol. The van der Waals surface area contributed by atoms with E-state index in [4.69, 9.17) is 15.3 Å². The molecule has 0 aliphatic heterocycles. The van der Waals surface area contributed by atoms with Crippen molar-refractivity contribution in [3.8, 4) is 5.88 Å². The number of nitrogens with zero attached hydrogens (tertiary/aromatic N) is 2. The fourth-order valence-electron chi connectivity index (χ4n) is 0.821. The monoisotopic (exact) mass is 213 g/mol. The first-order valence-corrected chi connectivity index (χ1v) is 4.28. The third-order valence-corrected chi connectivity index (χ3v) is 1.37. The number of rotatable bonds is 5. The molecule has 0 aromatic carbocycles. The number of hydrogen-bond acceptors (Lipinski definition) is 5. The maximum absolute atomic E-state index is 11.2. The van der Waals surface area contributed by atoms with Crippen LogP contribution in [0.5, 0.6) is 5.88 Å². The van der Waals surface area contributed by atoms with Crippen LogP contribution in [0.1, 0.15) is 6.92 Å². The smallest absolute Gasteiger partial charge is 0.303 e. The van der Waals surface area contributed by atoms with Crippen LogP contribution in [-0.2, 0) is 4.79 Å². The van der Waals surface area contributed by atoms with Crippen molar-refractivity contribution in [1.82, 2.24) is 9.94 Å². The maximum atomic E-state index is 11.2. The van der Waals surface area contributed by atoms with Crippen LogP contribution in [0.4, 0.5) is 0 Å². The van der Waals surface area contributed by atoms with Crippen LogP contribution in [0.15, 0.2) is 16.9 Å². The van der Waals surface area contributed by atoms with Crippen molar-refractivity contribution in [2.75, 3.05) is 13.2 Å². The van der Waals surface area contributed by atoms with Gasteiger partial charge < -0.3 is 15.3 Å². The third kappa shape index (κ3) is 3.29. The lowest BCUT2D eigenvalue weighted by atomic mass is 10.5. The number of aromatic nitrogens is 2. The van der Waals surface area contributed by atoms with Gasteiger partial charge in [-0.05, 0) is 6.92 Å². The summed E-state index contributed by atoms with van der Waals surface area (Å²) in [7, 11) is 0. The molecule has 0 radical (unpaired) electrons. The minimum atomic E-state index is -0.689. The van der Waals surface area contributed by atoms with Gasteiger partial charge in [-0.3, -0.25) is 9.59 Å². The predicted molar refractivity (Wildman–Crippen MR) is 50.3 cm³/mol. The minimum Gasteiger partial charge on any atom is -0.477 e. The number of nitrogens with two attached hydrogens (primary N) is 1. The Hall–Kier alpha value is -2.05. The van der Waals surface area contributed by atoms with Gasteiger partial charge in [0.05, 0.1) is 6.61 Å². The fourth-order valence-corrected chi connectivity index (χ4v) is 0.821. The fraction of sp³-hybridized carbons (Fsp3) is 0.375.